The van der Waals surface area contributed by atoms with Gasteiger partial charge in [0.1, 0.15) is 0 Å². The molecule has 0 bridgehead atoms. The molecule has 0 radical (unpaired) electrons. The Labute approximate surface area is 106 Å². The van der Waals surface area contributed by atoms with E-state index in [4.69, 9.17) is 16.3 Å². The molecule has 0 amide bonds. The molecule has 4 heteroatoms. The van der Waals surface area contributed by atoms with Crippen LogP contribution in [0.1, 0.15) is 18.0 Å². The molecule has 17 heavy (non-hydrogen) atoms. The van der Waals surface area contributed by atoms with Crippen LogP contribution in [0.3, 0.4) is 0 Å². The molecule has 0 spiro atoms. The summed E-state index contributed by atoms with van der Waals surface area (Å²) in [6, 6.07) is 6.89. The van der Waals surface area contributed by atoms with Gasteiger partial charge in [-0.2, -0.15) is 0 Å². The van der Waals surface area contributed by atoms with Crippen LogP contribution in [0.2, 0.25) is 5.02 Å². The van der Waals surface area contributed by atoms with Crippen LogP contribution in [-0.2, 0) is 4.74 Å². The predicted octanol–water partition coefficient (Wildman–Crippen LogP) is 2.43. The van der Waals surface area contributed by atoms with Gasteiger partial charge in [0, 0.05) is 29.8 Å². The van der Waals surface area contributed by atoms with Gasteiger partial charge in [0.05, 0.1) is 12.6 Å². The average molecular weight is 253 g/mol. The smallest absolute Gasteiger partial charge is 0.0667 e. The highest BCUT2D eigenvalue weighted by Gasteiger charge is 2.39. The van der Waals surface area contributed by atoms with Crippen molar-refractivity contribution in [1.29, 1.82) is 0 Å². The van der Waals surface area contributed by atoms with Gasteiger partial charge in [-0.15, -0.1) is 0 Å². The van der Waals surface area contributed by atoms with E-state index in [0.29, 0.717) is 18.0 Å². The van der Waals surface area contributed by atoms with E-state index in [1.165, 1.54) is 17.7 Å². The number of fused-ring (bicyclic) bond motifs is 3. The monoisotopic (exact) mass is 252 g/mol. The molecule has 2 aliphatic heterocycles. The number of halogens is 1. The maximum absolute atomic E-state index is 6.08. The summed E-state index contributed by atoms with van der Waals surface area (Å²) in [7, 11) is 1.76. The molecule has 3 rings (SSSR count). The molecular weight excluding hydrogens is 236 g/mol. The second-order valence-electron chi connectivity index (χ2n) is 4.82. The topological polar surface area (TPSA) is 33.3 Å². The first-order valence-corrected chi connectivity index (χ1v) is 6.45. The van der Waals surface area contributed by atoms with Crippen LogP contribution in [0.4, 0.5) is 5.69 Å². The van der Waals surface area contributed by atoms with Gasteiger partial charge in [-0.3, -0.25) is 0 Å². The molecule has 92 valence electrons. The average Bonchev–Trinajstić information content (AvgIpc) is 2.80. The van der Waals surface area contributed by atoms with Crippen LogP contribution in [-0.4, -0.2) is 26.3 Å². The third-order valence-electron chi connectivity index (χ3n) is 3.82. The molecule has 0 saturated carbocycles. The molecule has 0 aromatic heterocycles. The summed E-state index contributed by atoms with van der Waals surface area (Å²) >= 11 is 6.08. The van der Waals surface area contributed by atoms with Crippen LogP contribution in [0, 0.1) is 5.92 Å². The van der Waals surface area contributed by atoms with Gasteiger partial charge in [0.25, 0.3) is 0 Å². The van der Waals surface area contributed by atoms with Crippen LogP contribution in [0.15, 0.2) is 18.2 Å². The van der Waals surface area contributed by atoms with Crippen molar-refractivity contribution in [3.8, 4) is 0 Å². The number of methoxy groups -OCH3 is 1. The summed E-state index contributed by atoms with van der Waals surface area (Å²) in [5.74, 6) is 0.598. The predicted molar refractivity (Wildman–Crippen MR) is 69.6 cm³/mol. The van der Waals surface area contributed by atoms with E-state index in [9.17, 15) is 0 Å². The van der Waals surface area contributed by atoms with Gasteiger partial charge in [-0.25, -0.2) is 0 Å². The number of rotatable bonds is 2. The minimum absolute atomic E-state index is 0.397. The van der Waals surface area contributed by atoms with E-state index in [2.05, 4.69) is 22.8 Å². The quantitative estimate of drug-likeness (QED) is 0.848. The fourth-order valence-corrected chi connectivity index (χ4v) is 3.25. The van der Waals surface area contributed by atoms with Crippen molar-refractivity contribution in [3.05, 3.63) is 28.8 Å². The highest BCUT2D eigenvalue weighted by atomic mass is 35.5. The first-order valence-electron chi connectivity index (χ1n) is 6.08. The van der Waals surface area contributed by atoms with E-state index in [1.54, 1.807) is 7.11 Å². The van der Waals surface area contributed by atoms with Crippen molar-refractivity contribution in [1.82, 2.24) is 5.32 Å². The molecule has 2 aliphatic rings. The van der Waals surface area contributed by atoms with Crippen molar-refractivity contribution in [2.45, 2.75) is 18.5 Å². The lowest BCUT2D eigenvalue weighted by atomic mass is 9.83. The van der Waals surface area contributed by atoms with E-state index in [-0.39, 0.29) is 0 Å². The molecule has 0 aliphatic carbocycles. The first kappa shape index (κ1) is 11.3. The minimum atomic E-state index is 0.397. The first-order chi connectivity index (χ1) is 8.29. The number of benzene rings is 1. The zero-order valence-corrected chi connectivity index (χ0v) is 10.6. The normalized spacial score (nSPS) is 30.6. The van der Waals surface area contributed by atoms with Gasteiger partial charge >= 0.3 is 0 Å². The lowest BCUT2D eigenvalue weighted by molar-refractivity contribution is 0.158. The lowest BCUT2D eigenvalue weighted by Gasteiger charge is -2.36. The van der Waals surface area contributed by atoms with Crippen molar-refractivity contribution >= 4 is 17.3 Å². The fourth-order valence-electron chi connectivity index (χ4n) is 3.07. The summed E-state index contributed by atoms with van der Waals surface area (Å²) in [5.41, 5.74) is 2.49. The number of hydrogen-bond acceptors (Lipinski definition) is 3. The van der Waals surface area contributed by atoms with Crippen LogP contribution in [0.5, 0.6) is 0 Å². The third kappa shape index (κ3) is 1.92. The van der Waals surface area contributed by atoms with Crippen LogP contribution in [0.25, 0.3) is 0 Å². The lowest BCUT2D eigenvalue weighted by Crippen LogP contribution is -2.40. The molecule has 1 aromatic carbocycles. The summed E-state index contributed by atoms with van der Waals surface area (Å²) < 4.78 is 5.31. The van der Waals surface area contributed by atoms with Gasteiger partial charge in [-0.05, 0) is 36.7 Å². The second-order valence-corrected chi connectivity index (χ2v) is 5.26. The Bertz CT molecular complexity index is 424. The van der Waals surface area contributed by atoms with E-state index in [0.717, 1.165) is 18.2 Å². The number of anilines is 1. The number of ether oxygens (including phenoxy) is 1. The Morgan fingerprint density at radius 2 is 2.35 bits per heavy atom. The van der Waals surface area contributed by atoms with E-state index >= 15 is 0 Å². The Kier molecular flexibility index (Phi) is 2.99. The molecule has 2 N–H and O–H groups in total. The highest BCUT2D eigenvalue weighted by Crippen LogP contribution is 2.42. The molecule has 2 heterocycles. The molecule has 1 aromatic rings. The van der Waals surface area contributed by atoms with Crippen molar-refractivity contribution in [3.63, 3.8) is 0 Å². The Hall–Kier alpha value is -0.770. The maximum atomic E-state index is 6.08. The number of hydrogen-bond donors (Lipinski definition) is 2. The van der Waals surface area contributed by atoms with E-state index < -0.39 is 0 Å². The Balaban J connectivity index is 1.98. The van der Waals surface area contributed by atoms with Gasteiger partial charge < -0.3 is 15.4 Å². The fraction of sp³-hybridized carbons (Fsp3) is 0.538. The molecule has 1 saturated heterocycles. The zero-order chi connectivity index (χ0) is 11.8. The molecule has 3 atom stereocenters. The molecular formula is C13H17ClN2O. The summed E-state index contributed by atoms with van der Waals surface area (Å²) in [6.07, 6.45) is 1.19. The van der Waals surface area contributed by atoms with Crippen molar-refractivity contribution < 1.29 is 4.74 Å². The maximum Gasteiger partial charge on any atom is 0.0667 e. The van der Waals surface area contributed by atoms with Gasteiger partial charge in [0.2, 0.25) is 0 Å². The SMILES string of the molecule is COCC1Nc2ccc(Cl)cc2C2NCCC12. The van der Waals surface area contributed by atoms with E-state index in [1.807, 2.05) is 6.07 Å². The Morgan fingerprint density at radius 3 is 3.18 bits per heavy atom. The van der Waals surface area contributed by atoms with Crippen LogP contribution >= 0.6 is 11.6 Å². The van der Waals surface area contributed by atoms with Gasteiger partial charge in [-0.1, -0.05) is 11.6 Å². The summed E-state index contributed by atoms with van der Waals surface area (Å²) in [5, 5.41) is 7.96. The molecule has 3 nitrogen and oxygen atoms in total. The minimum Gasteiger partial charge on any atom is -0.383 e. The summed E-state index contributed by atoms with van der Waals surface area (Å²) in [6.45, 7) is 1.83. The highest BCUT2D eigenvalue weighted by molar-refractivity contribution is 6.30. The van der Waals surface area contributed by atoms with Crippen molar-refractivity contribution in [2.24, 2.45) is 5.92 Å². The molecule has 1 fully saturated rings. The molecule has 3 unspecified atom stereocenters. The zero-order valence-electron chi connectivity index (χ0n) is 9.87. The largest absolute Gasteiger partial charge is 0.383 e. The number of nitrogens with one attached hydrogen (secondary N) is 2. The van der Waals surface area contributed by atoms with Crippen molar-refractivity contribution in [2.75, 3.05) is 25.6 Å². The summed E-state index contributed by atoms with van der Waals surface area (Å²) in [4.78, 5) is 0. The standard InChI is InChI=1S/C13H17ClN2O/c1-17-7-12-9-4-5-15-13(9)10-6-8(14)2-3-11(10)16-12/h2-3,6,9,12-13,15-16H,4-5,7H2,1H3. The third-order valence-corrected chi connectivity index (χ3v) is 4.06. The van der Waals surface area contributed by atoms with Crippen LogP contribution < -0.4 is 10.6 Å². The van der Waals surface area contributed by atoms with Gasteiger partial charge in [0.15, 0.2) is 0 Å². The second kappa shape index (κ2) is 4.48. The Morgan fingerprint density at radius 1 is 1.47 bits per heavy atom.